The molecule has 1 aliphatic rings. The Kier molecular flexibility index (Phi) is 5.75. The predicted octanol–water partition coefficient (Wildman–Crippen LogP) is 2.49. The molecule has 1 unspecified atom stereocenters. The number of alkyl halides is 3. The van der Waals surface area contributed by atoms with E-state index < -0.39 is 21.8 Å². The van der Waals surface area contributed by atoms with Crippen molar-refractivity contribution in [3.05, 3.63) is 47.5 Å². The fourth-order valence-electron chi connectivity index (χ4n) is 2.79. The Hall–Kier alpha value is -2.40. The van der Waals surface area contributed by atoms with Crippen LogP contribution in [0.1, 0.15) is 17.5 Å². The van der Waals surface area contributed by atoms with Crippen LogP contribution in [-0.4, -0.2) is 49.2 Å². The highest BCUT2D eigenvalue weighted by molar-refractivity contribution is 7.88. The van der Waals surface area contributed by atoms with Crippen LogP contribution in [0, 0.1) is 0 Å². The molecule has 0 radical (unpaired) electrons. The van der Waals surface area contributed by atoms with E-state index in [4.69, 9.17) is 9.47 Å². The summed E-state index contributed by atoms with van der Waals surface area (Å²) in [5, 5.41) is 7.62. The molecule has 2 aromatic rings. The molecule has 0 saturated carbocycles. The van der Waals surface area contributed by atoms with Gasteiger partial charge < -0.3 is 9.47 Å². The van der Waals surface area contributed by atoms with Gasteiger partial charge in [-0.15, -0.1) is 10.2 Å². The van der Waals surface area contributed by atoms with Crippen LogP contribution >= 0.6 is 0 Å². The second-order valence-electron chi connectivity index (χ2n) is 6.25. The largest absolute Gasteiger partial charge is 0.480 e. The van der Waals surface area contributed by atoms with E-state index in [1.807, 2.05) is 0 Å². The third-order valence-corrected chi connectivity index (χ3v) is 6.06. The zero-order valence-electron chi connectivity index (χ0n) is 14.9. The number of nitrogens with zero attached hydrogens (tertiary/aromatic N) is 3. The molecule has 11 heteroatoms. The third kappa shape index (κ3) is 4.90. The van der Waals surface area contributed by atoms with E-state index in [9.17, 15) is 21.6 Å². The zero-order chi connectivity index (χ0) is 20.4. The molecule has 0 spiro atoms. The lowest BCUT2D eigenvalue weighted by Crippen LogP contribution is -2.32. The van der Waals surface area contributed by atoms with E-state index in [0.717, 1.165) is 12.1 Å². The van der Waals surface area contributed by atoms with Crippen LogP contribution in [0.25, 0.3) is 0 Å². The molecular weight excluding hydrogens is 399 g/mol. The first-order valence-electron chi connectivity index (χ1n) is 8.36. The van der Waals surface area contributed by atoms with Crippen molar-refractivity contribution in [3.63, 3.8) is 0 Å². The maximum atomic E-state index is 12.6. The molecule has 1 aromatic heterocycles. The van der Waals surface area contributed by atoms with Crippen molar-refractivity contribution in [2.75, 3.05) is 20.2 Å². The summed E-state index contributed by atoms with van der Waals surface area (Å²) < 4.78 is 74.8. The number of hydrogen-bond acceptors (Lipinski definition) is 6. The van der Waals surface area contributed by atoms with Crippen LogP contribution in [-0.2, 0) is 22.0 Å². The van der Waals surface area contributed by atoms with Crippen LogP contribution in [0.15, 0.2) is 36.4 Å². The Morgan fingerprint density at radius 1 is 1.11 bits per heavy atom. The molecule has 3 rings (SSSR count). The van der Waals surface area contributed by atoms with Crippen molar-refractivity contribution >= 4 is 10.0 Å². The lowest BCUT2D eigenvalue weighted by Gasteiger charge is -2.17. The van der Waals surface area contributed by atoms with Crippen LogP contribution in [0.4, 0.5) is 13.2 Å². The Bertz CT molecular complexity index is 903. The van der Waals surface area contributed by atoms with Gasteiger partial charge in [0.25, 0.3) is 0 Å². The number of hydrogen-bond donors (Lipinski definition) is 0. The summed E-state index contributed by atoms with van der Waals surface area (Å²) >= 11 is 0. The van der Waals surface area contributed by atoms with Crippen molar-refractivity contribution in [1.29, 1.82) is 0 Å². The van der Waals surface area contributed by atoms with Gasteiger partial charge in [-0.1, -0.05) is 12.1 Å². The lowest BCUT2D eigenvalue weighted by atomic mass is 10.1. The van der Waals surface area contributed by atoms with Gasteiger partial charge in [-0.2, -0.15) is 17.5 Å². The Balaban J connectivity index is 1.60. The first-order valence-corrected chi connectivity index (χ1v) is 9.96. The van der Waals surface area contributed by atoms with Gasteiger partial charge in [0.05, 0.1) is 25.0 Å². The predicted molar refractivity (Wildman–Crippen MR) is 93.3 cm³/mol. The highest BCUT2D eigenvalue weighted by atomic mass is 32.2. The molecule has 0 aliphatic carbocycles. The van der Waals surface area contributed by atoms with Gasteiger partial charge in [0.2, 0.25) is 21.8 Å². The summed E-state index contributed by atoms with van der Waals surface area (Å²) in [6, 6.07) is 7.27. The fraction of sp³-hybridized carbons (Fsp3) is 0.412. The molecule has 2 heterocycles. The molecule has 1 aromatic carbocycles. The number of aromatic nitrogens is 2. The number of methoxy groups -OCH3 is 1. The van der Waals surface area contributed by atoms with Crippen molar-refractivity contribution in [2.24, 2.45) is 0 Å². The zero-order valence-corrected chi connectivity index (χ0v) is 15.7. The van der Waals surface area contributed by atoms with Gasteiger partial charge in [-0.3, -0.25) is 0 Å². The molecule has 7 nitrogen and oxygen atoms in total. The van der Waals surface area contributed by atoms with Crippen molar-refractivity contribution in [2.45, 2.75) is 24.5 Å². The molecule has 0 amide bonds. The summed E-state index contributed by atoms with van der Waals surface area (Å²) in [7, 11) is -2.22. The molecule has 1 saturated heterocycles. The standard InChI is InChI=1S/C17H18F3N3O4S/c1-26-15-6-7-16(22-21-15)27-14-8-9-23(10-14)28(24,25)11-12-2-4-13(5-3-12)17(18,19)20/h2-7,14H,8-11H2,1H3. The highest BCUT2D eigenvalue weighted by Gasteiger charge is 2.33. The van der Waals surface area contributed by atoms with Gasteiger partial charge in [-0.25, -0.2) is 8.42 Å². The Morgan fingerprint density at radius 2 is 1.75 bits per heavy atom. The summed E-state index contributed by atoms with van der Waals surface area (Å²) in [6.07, 6.45) is -4.37. The lowest BCUT2D eigenvalue weighted by molar-refractivity contribution is -0.137. The minimum atomic E-state index is -4.46. The van der Waals surface area contributed by atoms with Crippen LogP contribution < -0.4 is 9.47 Å². The number of halogens is 3. The van der Waals surface area contributed by atoms with E-state index in [1.165, 1.54) is 23.5 Å². The number of rotatable bonds is 6. The highest BCUT2D eigenvalue weighted by Crippen LogP contribution is 2.29. The second-order valence-corrected chi connectivity index (χ2v) is 8.22. The van der Waals surface area contributed by atoms with Crippen molar-refractivity contribution in [1.82, 2.24) is 14.5 Å². The van der Waals surface area contributed by atoms with E-state index in [0.29, 0.717) is 17.9 Å². The number of ether oxygens (including phenoxy) is 2. The topological polar surface area (TPSA) is 81.6 Å². The average molecular weight is 417 g/mol. The van der Waals surface area contributed by atoms with Gasteiger partial charge in [-0.05, 0) is 24.1 Å². The van der Waals surface area contributed by atoms with Gasteiger partial charge in [0, 0.05) is 18.7 Å². The van der Waals surface area contributed by atoms with E-state index in [2.05, 4.69) is 10.2 Å². The summed E-state index contributed by atoms with van der Waals surface area (Å²) in [4.78, 5) is 0. The SMILES string of the molecule is COc1ccc(OC2CCN(S(=O)(=O)Cc3ccc(C(F)(F)F)cc3)C2)nn1. The molecule has 0 bridgehead atoms. The van der Waals surface area contributed by atoms with Crippen molar-refractivity contribution in [3.8, 4) is 11.8 Å². The van der Waals surface area contributed by atoms with Gasteiger partial charge >= 0.3 is 6.18 Å². The van der Waals surface area contributed by atoms with Crippen LogP contribution in [0.3, 0.4) is 0 Å². The fourth-order valence-corrected chi connectivity index (χ4v) is 4.36. The first-order chi connectivity index (χ1) is 13.2. The maximum Gasteiger partial charge on any atom is 0.416 e. The normalized spacial score (nSPS) is 18.2. The smallest absolute Gasteiger partial charge is 0.416 e. The number of benzene rings is 1. The maximum absolute atomic E-state index is 12.6. The molecule has 0 N–H and O–H groups in total. The third-order valence-electron chi connectivity index (χ3n) is 4.24. The minimum absolute atomic E-state index is 0.136. The minimum Gasteiger partial charge on any atom is -0.480 e. The molecule has 1 aliphatic heterocycles. The van der Waals surface area contributed by atoms with Crippen molar-refractivity contribution < 1.29 is 31.1 Å². The van der Waals surface area contributed by atoms with Crippen LogP contribution in [0.2, 0.25) is 0 Å². The Labute approximate surface area is 160 Å². The van der Waals surface area contributed by atoms with E-state index >= 15 is 0 Å². The second kappa shape index (κ2) is 7.92. The first kappa shape index (κ1) is 20.3. The van der Waals surface area contributed by atoms with E-state index in [-0.39, 0.29) is 30.8 Å². The van der Waals surface area contributed by atoms with Gasteiger partial charge in [0.1, 0.15) is 6.10 Å². The average Bonchev–Trinajstić information content (AvgIpc) is 3.11. The van der Waals surface area contributed by atoms with Gasteiger partial charge in [0.15, 0.2) is 0 Å². The summed E-state index contributed by atoms with van der Waals surface area (Å²) in [5.41, 5.74) is -0.526. The molecule has 28 heavy (non-hydrogen) atoms. The summed E-state index contributed by atoms with van der Waals surface area (Å²) in [6.45, 7) is 0.397. The molecular formula is C17H18F3N3O4S. The molecule has 1 fully saturated rings. The summed E-state index contributed by atoms with van der Waals surface area (Å²) in [5.74, 6) is 0.215. The number of sulfonamides is 1. The molecule has 152 valence electrons. The molecule has 1 atom stereocenters. The monoisotopic (exact) mass is 417 g/mol. The van der Waals surface area contributed by atoms with E-state index in [1.54, 1.807) is 12.1 Å². The van der Waals surface area contributed by atoms with Crippen LogP contribution in [0.5, 0.6) is 11.8 Å². The quantitative estimate of drug-likeness (QED) is 0.718. The Morgan fingerprint density at radius 3 is 2.32 bits per heavy atom.